The first-order valence-corrected chi connectivity index (χ1v) is 7.88. The molecule has 2 heterocycles. The Bertz CT molecular complexity index is 657. The minimum Gasteiger partial charge on any atom is -0.444 e. The van der Waals surface area contributed by atoms with Crippen molar-refractivity contribution in [3.05, 3.63) is 17.7 Å². The van der Waals surface area contributed by atoms with Crippen LogP contribution in [0.2, 0.25) is 0 Å². The molecule has 0 aliphatic carbocycles. The highest BCUT2D eigenvalue weighted by Crippen LogP contribution is 2.25. The molecule has 0 unspecified atom stereocenters. The van der Waals surface area contributed by atoms with Gasteiger partial charge in [-0.3, -0.25) is 4.90 Å². The fourth-order valence-electron chi connectivity index (χ4n) is 1.93. The summed E-state index contributed by atoms with van der Waals surface area (Å²) in [7, 11) is -0.741. The van der Waals surface area contributed by atoms with E-state index in [9.17, 15) is 13.2 Å². The number of rotatable bonds is 2. The van der Waals surface area contributed by atoms with Crippen LogP contribution in [0.25, 0.3) is 0 Å². The number of carbonyl (C=O) groups is 1. The third-order valence-electron chi connectivity index (χ3n) is 2.96. The van der Waals surface area contributed by atoms with E-state index < -0.39 is 21.9 Å². The number of carbonyl (C=O) groups excluding carboxylic acids is 1. The van der Waals surface area contributed by atoms with E-state index in [0.29, 0.717) is 11.4 Å². The molecule has 0 spiro atoms. The molecule has 0 bridgehead atoms. The molecule has 1 aromatic heterocycles. The van der Waals surface area contributed by atoms with E-state index in [1.54, 1.807) is 20.8 Å². The average Bonchev–Trinajstić information content (AvgIpc) is 2.84. The van der Waals surface area contributed by atoms with Gasteiger partial charge in [0.2, 0.25) is 0 Å². The third-order valence-corrected chi connectivity index (χ3v) is 4.70. The van der Waals surface area contributed by atoms with Crippen molar-refractivity contribution in [2.45, 2.75) is 39.5 Å². The molecule has 0 saturated carbocycles. The summed E-state index contributed by atoms with van der Waals surface area (Å²) in [6.45, 7) is 5.76. The van der Waals surface area contributed by atoms with Crippen LogP contribution >= 0.6 is 0 Å². The Balaban J connectivity index is 2.22. The summed E-state index contributed by atoms with van der Waals surface area (Å²) in [4.78, 5) is 17.5. The number of aromatic nitrogens is 2. The molecular weight excluding hydrogens is 296 g/mol. The van der Waals surface area contributed by atoms with Crippen molar-refractivity contribution in [1.82, 2.24) is 18.2 Å². The molecular formula is C12H20N4O4S. The molecule has 118 valence electrons. The van der Waals surface area contributed by atoms with Crippen LogP contribution in [0.15, 0.2) is 6.33 Å². The number of hydrogen-bond donors (Lipinski definition) is 0. The Morgan fingerprint density at radius 3 is 2.48 bits per heavy atom. The maximum atomic E-state index is 12.2. The number of imidazole rings is 1. The molecule has 0 fully saturated rings. The smallest absolute Gasteiger partial charge is 0.410 e. The number of fused-ring (bicyclic) bond motifs is 1. The van der Waals surface area contributed by atoms with Gasteiger partial charge in [-0.15, -0.1) is 0 Å². The molecule has 1 aliphatic rings. The Kier molecular flexibility index (Phi) is 3.75. The number of amides is 1. The second-order valence-corrected chi connectivity index (χ2v) is 8.08. The Labute approximate surface area is 124 Å². The molecule has 8 nitrogen and oxygen atoms in total. The van der Waals surface area contributed by atoms with Crippen molar-refractivity contribution in [1.29, 1.82) is 0 Å². The van der Waals surface area contributed by atoms with Crippen LogP contribution in [-0.2, 0) is 28.0 Å². The Hall–Kier alpha value is -1.61. The van der Waals surface area contributed by atoms with Crippen LogP contribution in [0, 0.1) is 0 Å². The predicted molar refractivity (Wildman–Crippen MR) is 75.7 cm³/mol. The van der Waals surface area contributed by atoms with Crippen LogP contribution in [-0.4, -0.2) is 52.4 Å². The number of nitrogens with zero attached hydrogens (tertiary/aromatic N) is 4. The maximum Gasteiger partial charge on any atom is 0.410 e. The lowest BCUT2D eigenvalue weighted by atomic mass is 10.2. The third kappa shape index (κ3) is 3.03. The van der Waals surface area contributed by atoms with Crippen molar-refractivity contribution >= 4 is 16.3 Å². The quantitative estimate of drug-likeness (QED) is 0.805. The molecule has 2 rings (SSSR count). The number of hydrogen-bond acceptors (Lipinski definition) is 5. The van der Waals surface area contributed by atoms with Crippen LogP contribution in [0.3, 0.4) is 0 Å². The highest BCUT2D eigenvalue weighted by atomic mass is 32.2. The van der Waals surface area contributed by atoms with Gasteiger partial charge >= 0.3 is 16.3 Å². The zero-order valence-corrected chi connectivity index (χ0v) is 13.6. The minimum absolute atomic E-state index is 0.164. The molecule has 0 radical (unpaired) electrons. The standard InChI is InChI=1S/C12H20N4O4S/c1-12(2,3)20-11(17)15-6-9-10(7-15)16(8-13-9)21(18,19)14(4)5/h8H,6-7H2,1-5H3. The van der Waals surface area contributed by atoms with Crippen LogP contribution < -0.4 is 0 Å². The summed E-state index contributed by atoms with van der Waals surface area (Å²) in [5.74, 6) is 0. The molecule has 1 aliphatic heterocycles. The molecule has 0 atom stereocenters. The summed E-state index contributed by atoms with van der Waals surface area (Å²) in [5.41, 5.74) is 0.476. The van der Waals surface area contributed by atoms with Gasteiger partial charge in [0.1, 0.15) is 11.9 Å². The van der Waals surface area contributed by atoms with Crippen molar-refractivity contribution in [3.63, 3.8) is 0 Å². The van der Waals surface area contributed by atoms with Gasteiger partial charge in [-0.2, -0.15) is 12.7 Å². The van der Waals surface area contributed by atoms with Gasteiger partial charge in [0.05, 0.1) is 24.5 Å². The van der Waals surface area contributed by atoms with Gasteiger partial charge in [0.15, 0.2) is 0 Å². The summed E-state index contributed by atoms with van der Waals surface area (Å²) in [6.07, 6.45) is 0.793. The second kappa shape index (κ2) is 4.99. The normalized spacial score (nSPS) is 15.4. The lowest BCUT2D eigenvalue weighted by Gasteiger charge is -2.24. The topological polar surface area (TPSA) is 84.7 Å². The average molecular weight is 316 g/mol. The van der Waals surface area contributed by atoms with E-state index in [2.05, 4.69) is 4.98 Å². The SMILES string of the molecule is CN(C)S(=O)(=O)n1cnc2c1CN(C(=O)OC(C)(C)C)C2. The second-order valence-electron chi connectivity index (χ2n) is 6.06. The Morgan fingerprint density at radius 1 is 1.33 bits per heavy atom. The van der Waals surface area contributed by atoms with Crippen molar-refractivity contribution < 1.29 is 17.9 Å². The lowest BCUT2D eigenvalue weighted by Crippen LogP contribution is -2.34. The largest absolute Gasteiger partial charge is 0.444 e. The van der Waals surface area contributed by atoms with Crippen molar-refractivity contribution in [2.24, 2.45) is 0 Å². The summed E-state index contributed by atoms with van der Waals surface area (Å²) in [5, 5.41) is 0. The van der Waals surface area contributed by atoms with Crippen LogP contribution in [0.5, 0.6) is 0 Å². The lowest BCUT2D eigenvalue weighted by molar-refractivity contribution is 0.0238. The zero-order chi connectivity index (χ0) is 16.0. The molecule has 0 aromatic carbocycles. The first-order chi connectivity index (χ1) is 9.52. The van der Waals surface area contributed by atoms with E-state index >= 15 is 0 Å². The molecule has 1 amide bonds. The highest BCUT2D eigenvalue weighted by molar-refractivity contribution is 7.87. The van der Waals surface area contributed by atoms with E-state index in [0.717, 1.165) is 8.28 Å². The van der Waals surface area contributed by atoms with Crippen molar-refractivity contribution in [3.8, 4) is 0 Å². The van der Waals surface area contributed by atoms with E-state index in [4.69, 9.17) is 4.74 Å². The van der Waals surface area contributed by atoms with E-state index in [1.807, 2.05) is 0 Å². The maximum absolute atomic E-state index is 12.2. The highest BCUT2D eigenvalue weighted by Gasteiger charge is 2.33. The van der Waals surface area contributed by atoms with Gasteiger partial charge in [-0.25, -0.2) is 13.8 Å². The van der Waals surface area contributed by atoms with Crippen LogP contribution in [0.4, 0.5) is 4.79 Å². The van der Waals surface area contributed by atoms with Gasteiger partial charge < -0.3 is 4.74 Å². The molecule has 1 aromatic rings. The van der Waals surface area contributed by atoms with Gasteiger partial charge in [0, 0.05) is 14.1 Å². The monoisotopic (exact) mass is 316 g/mol. The fraction of sp³-hybridized carbons (Fsp3) is 0.667. The molecule has 9 heteroatoms. The minimum atomic E-state index is -3.63. The van der Waals surface area contributed by atoms with E-state index in [-0.39, 0.29) is 13.1 Å². The fourth-order valence-corrected chi connectivity index (χ4v) is 2.89. The predicted octanol–water partition coefficient (Wildman–Crippen LogP) is 0.788. The summed E-state index contributed by atoms with van der Waals surface area (Å²) in [6, 6.07) is 0. The van der Waals surface area contributed by atoms with Gasteiger partial charge in [0.25, 0.3) is 0 Å². The molecule has 0 saturated heterocycles. The first-order valence-electron chi connectivity index (χ1n) is 6.48. The Morgan fingerprint density at radius 2 is 1.95 bits per heavy atom. The molecule has 0 N–H and O–H groups in total. The van der Waals surface area contributed by atoms with Crippen LogP contribution in [0.1, 0.15) is 32.2 Å². The first kappa shape index (κ1) is 15.8. The number of ether oxygens (including phenoxy) is 1. The molecule has 21 heavy (non-hydrogen) atoms. The van der Waals surface area contributed by atoms with Gasteiger partial charge in [-0.05, 0) is 20.8 Å². The zero-order valence-electron chi connectivity index (χ0n) is 12.8. The summed E-state index contributed by atoms with van der Waals surface area (Å²) < 4.78 is 31.8. The summed E-state index contributed by atoms with van der Waals surface area (Å²) >= 11 is 0. The van der Waals surface area contributed by atoms with Crippen molar-refractivity contribution in [2.75, 3.05) is 14.1 Å². The van der Waals surface area contributed by atoms with Gasteiger partial charge in [-0.1, -0.05) is 0 Å². The van der Waals surface area contributed by atoms with E-state index in [1.165, 1.54) is 25.3 Å².